The maximum atomic E-state index is 12.2. The van der Waals surface area contributed by atoms with Crippen LogP contribution in [0, 0.1) is 25.2 Å². The van der Waals surface area contributed by atoms with Gasteiger partial charge >= 0.3 is 5.97 Å². The number of rotatable bonds is 6. The highest BCUT2D eigenvalue weighted by Gasteiger charge is 2.17. The Bertz CT molecular complexity index is 1130. The second-order valence-corrected chi connectivity index (χ2v) is 6.92. The molecule has 3 aromatic rings. The Morgan fingerprint density at radius 1 is 1.31 bits per heavy atom. The standard InChI is InChI=1S/C19H18N6O3S/c1-11-15(12(2)25-18(21-11)23-19(24-25)29-3)8-17(27)28-10-16(26)22-14-6-4-5-13(7-14)9-20/h4-7H,8,10H2,1-3H3,(H,22,26). The Morgan fingerprint density at radius 3 is 2.83 bits per heavy atom. The Balaban J connectivity index is 1.63. The van der Waals surface area contributed by atoms with Gasteiger partial charge in [-0.2, -0.15) is 10.2 Å². The highest BCUT2D eigenvalue weighted by Crippen LogP contribution is 2.17. The zero-order chi connectivity index (χ0) is 21.0. The number of fused-ring (bicyclic) bond motifs is 1. The first kappa shape index (κ1) is 20.3. The molecule has 0 aliphatic heterocycles. The molecule has 29 heavy (non-hydrogen) atoms. The summed E-state index contributed by atoms with van der Waals surface area (Å²) in [4.78, 5) is 32.9. The van der Waals surface area contributed by atoms with Crippen LogP contribution in [0.4, 0.5) is 5.69 Å². The van der Waals surface area contributed by atoms with E-state index in [0.717, 1.165) is 5.69 Å². The molecular weight excluding hydrogens is 392 g/mol. The van der Waals surface area contributed by atoms with Crippen molar-refractivity contribution in [2.24, 2.45) is 0 Å². The van der Waals surface area contributed by atoms with Crippen LogP contribution in [0.2, 0.25) is 0 Å². The minimum atomic E-state index is -0.552. The number of carbonyl (C=O) groups excluding carboxylic acids is 2. The maximum Gasteiger partial charge on any atom is 0.310 e. The molecule has 1 N–H and O–H groups in total. The first-order chi connectivity index (χ1) is 13.9. The molecule has 0 spiro atoms. The molecule has 2 heterocycles. The van der Waals surface area contributed by atoms with Crippen LogP contribution in [-0.4, -0.2) is 44.3 Å². The number of anilines is 1. The fourth-order valence-electron chi connectivity index (χ4n) is 2.74. The summed E-state index contributed by atoms with van der Waals surface area (Å²) in [5.74, 6) is -0.569. The van der Waals surface area contributed by atoms with Gasteiger partial charge in [0.25, 0.3) is 11.7 Å². The van der Waals surface area contributed by atoms with Crippen molar-refractivity contribution in [2.45, 2.75) is 25.4 Å². The first-order valence-electron chi connectivity index (χ1n) is 8.63. The molecule has 0 bridgehead atoms. The lowest BCUT2D eigenvalue weighted by Crippen LogP contribution is -2.22. The molecule has 10 heteroatoms. The van der Waals surface area contributed by atoms with E-state index in [1.54, 1.807) is 29.6 Å². The number of aryl methyl sites for hydroxylation is 2. The fraction of sp³-hybridized carbons (Fsp3) is 0.263. The van der Waals surface area contributed by atoms with Gasteiger partial charge in [0, 0.05) is 22.6 Å². The normalized spacial score (nSPS) is 10.6. The van der Waals surface area contributed by atoms with E-state index in [1.807, 2.05) is 19.2 Å². The van der Waals surface area contributed by atoms with Crippen LogP contribution in [0.3, 0.4) is 0 Å². The van der Waals surface area contributed by atoms with Crippen LogP contribution in [0.5, 0.6) is 0 Å². The number of benzene rings is 1. The maximum absolute atomic E-state index is 12.2. The van der Waals surface area contributed by atoms with Gasteiger partial charge in [0.1, 0.15) is 0 Å². The fourth-order valence-corrected chi connectivity index (χ4v) is 3.07. The highest BCUT2D eigenvalue weighted by atomic mass is 32.2. The summed E-state index contributed by atoms with van der Waals surface area (Å²) in [6.45, 7) is 3.19. The second-order valence-electron chi connectivity index (χ2n) is 6.15. The van der Waals surface area contributed by atoms with Crippen LogP contribution in [-0.2, 0) is 20.7 Å². The molecule has 0 aliphatic rings. The van der Waals surface area contributed by atoms with E-state index >= 15 is 0 Å². The van der Waals surface area contributed by atoms with E-state index < -0.39 is 18.5 Å². The van der Waals surface area contributed by atoms with Crippen molar-refractivity contribution in [3.05, 3.63) is 46.8 Å². The monoisotopic (exact) mass is 410 g/mol. The van der Waals surface area contributed by atoms with Crippen molar-refractivity contribution < 1.29 is 14.3 Å². The SMILES string of the molecule is CSc1nc2nc(C)c(CC(=O)OCC(=O)Nc3cccc(C#N)c3)c(C)n2n1. The molecule has 3 rings (SSSR count). The van der Waals surface area contributed by atoms with Gasteiger partial charge in [0.05, 0.1) is 18.1 Å². The molecule has 0 fully saturated rings. The number of carbonyl (C=O) groups is 2. The lowest BCUT2D eigenvalue weighted by molar-refractivity contribution is -0.146. The van der Waals surface area contributed by atoms with E-state index in [9.17, 15) is 9.59 Å². The average Bonchev–Trinajstić information content (AvgIpc) is 3.13. The van der Waals surface area contributed by atoms with E-state index in [0.29, 0.717) is 33.4 Å². The Hall–Kier alpha value is -3.45. The van der Waals surface area contributed by atoms with Crippen molar-refractivity contribution in [1.82, 2.24) is 19.6 Å². The van der Waals surface area contributed by atoms with Crippen molar-refractivity contribution in [3.63, 3.8) is 0 Å². The Morgan fingerprint density at radius 2 is 2.10 bits per heavy atom. The minimum absolute atomic E-state index is 0.0355. The van der Waals surface area contributed by atoms with Gasteiger partial charge < -0.3 is 10.1 Å². The summed E-state index contributed by atoms with van der Waals surface area (Å²) in [6.07, 6.45) is 1.84. The summed E-state index contributed by atoms with van der Waals surface area (Å²) >= 11 is 1.41. The lowest BCUT2D eigenvalue weighted by Gasteiger charge is -2.10. The Labute approximate surface area is 171 Å². The van der Waals surface area contributed by atoms with Gasteiger partial charge in [-0.3, -0.25) is 9.59 Å². The number of hydrogen-bond acceptors (Lipinski definition) is 8. The summed E-state index contributed by atoms with van der Waals surface area (Å²) < 4.78 is 6.69. The van der Waals surface area contributed by atoms with Crippen molar-refractivity contribution in [2.75, 3.05) is 18.2 Å². The number of esters is 1. The predicted octanol–water partition coefficient (Wildman–Crippen LogP) is 2.06. The molecular formula is C19H18N6O3S. The molecule has 0 atom stereocenters. The Kier molecular flexibility index (Phi) is 6.09. The highest BCUT2D eigenvalue weighted by molar-refractivity contribution is 7.98. The molecule has 0 unspecified atom stereocenters. The van der Waals surface area contributed by atoms with E-state index in [-0.39, 0.29) is 6.42 Å². The van der Waals surface area contributed by atoms with Crippen molar-refractivity contribution >= 4 is 35.1 Å². The number of amides is 1. The van der Waals surface area contributed by atoms with Crippen LogP contribution < -0.4 is 5.32 Å². The quantitative estimate of drug-likeness (QED) is 0.484. The number of nitriles is 1. The summed E-state index contributed by atoms with van der Waals surface area (Å²) in [5, 5.41) is 16.4. The minimum Gasteiger partial charge on any atom is -0.455 e. The third-order valence-corrected chi connectivity index (χ3v) is 4.71. The van der Waals surface area contributed by atoms with Crippen molar-refractivity contribution in [3.8, 4) is 6.07 Å². The molecule has 9 nitrogen and oxygen atoms in total. The lowest BCUT2D eigenvalue weighted by atomic mass is 10.1. The molecule has 0 saturated heterocycles. The molecule has 148 valence electrons. The van der Waals surface area contributed by atoms with Crippen LogP contribution in [0.25, 0.3) is 5.78 Å². The van der Waals surface area contributed by atoms with Crippen LogP contribution in [0.1, 0.15) is 22.5 Å². The van der Waals surface area contributed by atoms with Gasteiger partial charge in [-0.1, -0.05) is 17.8 Å². The van der Waals surface area contributed by atoms with Crippen LogP contribution >= 0.6 is 11.8 Å². The van der Waals surface area contributed by atoms with Gasteiger partial charge in [-0.25, -0.2) is 9.50 Å². The molecule has 0 saturated carbocycles. The van der Waals surface area contributed by atoms with Gasteiger partial charge in [-0.05, 0) is 38.3 Å². The number of nitrogens with zero attached hydrogens (tertiary/aromatic N) is 5. The third-order valence-electron chi connectivity index (χ3n) is 4.17. The first-order valence-corrected chi connectivity index (χ1v) is 9.86. The number of hydrogen-bond donors (Lipinski definition) is 1. The molecule has 1 amide bonds. The summed E-state index contributed by atoms with van der Waals surface area (Å²) in [7, 11) is 0. The van der Waals surface area contributed by atoms with Gasteiger partial charge in [-0.15, -0.1) is 5.10 Å². The van der Waals surface area contributed by atoms with Gasteiger partial charge in [0.15, 0.2) is 6.61 Å². The number of ether oxygens (including phenoxy) is 1. The molecule has 0 radical (unpaired) electrons. The van der Waals surface area contributed by atoms with E-state index in [2.05, 4.69) is 20.4 Å². The number of thioether (sulfide) groups is 1. The molecule has 0 aliphatic carbocycles. The number of nitrogens with one attached hydrogen (secondary N) is 1. The van der Waals surface area contributed by atoms with E-state index in [1.165, 1.54) is 17.8 Å². The van der Waals surface area contributed by atoms with Crippen LogP contribution in [0.15, 0.2) is 29.4 Å². The van der Waals surface area contributed by atoms with Crippen molar-refractivity contribution in [1.29, 1.82) is 5.26 Å². The third kappa shape index (κ3) is 4.70. The molecule has 2 aromatic heterocycles. The zero-order valence-corrected chi connectivity index (χ0v) is 16.9. The largest absolute Gasteiger partial charge is 0.455 e. The molecule has 1 aromatic carbocycles. The summed E-state index contributed by atoms with van der Waals surface area (Å²) in [5.41, 5.74) is 2.97. The average molecular weight is 410 g/mol. The van der Waals surface area contributed by atoms with Gasteiger partial charge in [0.2, 0.25) is 5.16 Å². The second kappa shape index (κ2) is 8.70. The number of aromatic nitrogens is 4. The smallest absolute Gasteiger partial charge is 0.310 e. The predicted molar refractivity (Wildman–Crippen MR) is 106 cm³/mol. The van der Waals surface area contributed by atoms with E-state index in [4.69, 9.17) is 10.00 Å². The topological polar surface area (TPSA) is 122 Å². The summed E-state index contributed by atoms with van der Waals surface area (Å²) in [6, 6.07) is 8.46. The zero-order valence-electron chi connectivity index (χ0n) is 16.1.